The molecule has 246 valence electrons. The van der Waals surface area contributed by atoms with Crippen LogP contribution in [0.2, 0.25) is 0 Å². The van der Waals surface area contributed by atoms with E-state index in [1.54, 1.807) is 0 Å². The number of amides is 2. The Bertz CT molecular complexity index is 1080. The Morgan fingerprint density at radius 1 is 0.733 bits per heavy atom. The van der Waals surface area contributed by atoms with Crippen molar-refractivity contribution in [3.63, 3.8) is 0 Å². The van der Waals surface area contributed by atoms with E-state index in [9.17, 15) is 9.59 Å². The zero-order chi connectivity index (χ0) is 31.8. The first-order valence-electron chi connectivity index (χ1n) is 18.0. The number of nitrogens with zero attached hydrogens (tertiary/aromatic N) is 2. The lowest BCUT2D eigenvalue weighted by Crippen LogP contribution is -2.48. The summed E-state index contributed by atoms with van der Waals surface area (Å²) in [4.78, 5) is 27.3. The number of carbonyl (C=O) groups excluding carboxylic acids is 2. The number of rotatable bonds is 24. The van der Waals surface area contributed by atoms with Crippen LogP contribution in [0.25, 0.3) is 12.2 Å². The second-order valence-corrected chi connectivity index (χ2v) is 12.9. The van der Waals surface area contributed by atoms with Gasteiger partial charge in [-0.1, -0.05) is 145 Å². The Hall–Kier alpha value is -3.18. The van der Waals surface area contributed by atoms with Gasteiger partial charge in [0.05, 0.1) is 6.54 Å². The monoisotopic (exact) mass is 614 g/mol. The van der Waals surface area contributed by atoms with Crippen molar-refractivity contribution >= 4 is 24.0 Å². The lowest BCUT2D eigenvalue weighted by Gasteiger charge is -2.35. The van der Waals surface area contributed by atoms with Crippen molar-refractivity contribution in [1.82, 2.24) is 10.2 Å². The maximum atomic E-state index is 12.7. The molecular weight excluding hydrogens is 554 g/mol. The molecule has 0 unspecified atom stereocenters. The molecule has 0 bridgehead atoms. The molecule has 1 fully saturated rings. The summed E-state index contributed by atoms with van der Waals surface area (Å²) in [5.74, 6) is 0.385. The predicted octanol–water partition coefficient (Wildman–Crippen LogP) is 9.71. The van der Waals surface area contributed by atoms with Crippen LogP contribution in [0.3, 0.4) is 0 Å². The van der Waals surface area contributed by atoms with E-state index in [4.69, 9.17) is 0 Å². The molecule has 2 aromatic rings. The molecule has 1 heterocycles. The summed E-state index contributed by atoms with van der Waals surface area (Å²) in [5.41, 5.74) is 2.26. The van der Waals surface area contributed by atoms with Crippen molar-refractivity contribution in [1.29, 1.82) is 0 Å². The average molecular weight is 615 g/mol. The standard InChI is InChI=1S/C40H59N3O2/c1-2-3-4-5-6-7-8-9-10-11-12-13-20-27-39(44)41-31-22-33-43(36-42-32-21-28-40(42)45,34-29-37-23-16-14-17-24-37)35-30-38-25-18-15-19-26-38/h14-19,23-26,29-30,34-35H,2-13,20-22,27-28,31-33,36H2,1H3/p+1. The maximum absolute atomic E-state index is 12.7. The van der Waals surface area contributed by atoms with Crippen LogP contribution >= 0.6 is 0 Å². The molecule has 1 aliphatic heterocycles. The van der Waals surface area contributed by atoms with Gasteiger partial charge in [-0.05, 0) is 36.1 Å². The summed E-state index contributed by atoms with van der Waals surface area (Å²) in [6, 6.07) is 20.6. The molecule has 0 atom stereocenters. The highest BCUT2D eigenvalue weighted by Crippen LogP contribution is 2.21. The van der Waals surface area contributed by atoms with E-state index in [0.717, 1.165) is 49.9 Å². The molecule has 2 aromatic carbocycles. The topological polar surface area (TPSA) is 49.4 Å². The molecule has 5 heteroatoms. The first-order valence-corrected chi connectivity index (χ1v) is 18.0. The molecule has 1 aliphatic rings. The predicted molar refractivity (Wildman–Crippen MR) is 190 cm³/mol. The van der Waals surface area contributed by atoms with Crippen LogP contribution < -0.4 is 5.32 Å². The molecule has 0 spiro atoms. The van der Waals surface area contributed by atoms with E-state index >= 15 is 0 Å². The van der Waals surface area contributed by atoms with Gasteiger partial charge in [0.2, 0.25) is 11.8 Å². The molecule has 0 radical (unpaired) electrons. The van der Waals surface area contributed by atoms with Crippen LogP contribution in [0.4, 0.5) is 0 Å². The van der Waals surface area contributed by atoms with Gasteiger partial charge in [0.1, 0.15) is 12.4 Å². The van der Waals surface area contributed by atoms with Gasteiger partial charge in [0.25, 0.3) is 0 Å². The van der Waals surface area contributed by atoms with Crippen molar-refractivity contribution in [2.45, 2.75) is 116 Å². The number of unbranched alkanes of at least 4 members (excludes halogenated alkanes) is 12. The highest BCUT2D eigenvalue weighted by Gasteiger charge is 2.31. The van der Waals surface area contributed by atoms with E-state index < -0.39 is 0 Å². The smallest absolute Gasteiger partial charge is 0.226 e. The van der Waals surface area contributed by atoms with Crippen molar-refractivity contribution in [3.8, 4) is 0 Å². The van der Waals surface area contributed by atoms with Gasteiger partial charge in [-0.25, -0.2) is 0 Å². The second kappa shape index (κ2) is 22.3. The first kappa shape index (κ1) is 36.3. The summed E-state index contributed by atoms with van der Waals surface area (Å²) >= 11 is 0. The summed E-state index contributed by atoms with van der Waals surface area (Å²) in [5, 5.41) is 3.17. The van der Waals surface area contributed by atoms with Gasteiger partial charge in [-0.15, -0.1) is 0 Å². The Morgan fingerprint density at radius 3 is 1.73 bits per heavy atom. The number of likely N-dealkylation sites (tertiary alicyclic amines) is 1. The third-order valence-electron chi connectivity index (χ3n) is 8.91. The van der Waals surface area contributed by atoms with E-state index in [0.29, 0.717) is 30.5 Å². The fourth-order valence-electron chi connectivity index (χ4n) is 6.13. The minimum atomic E-state index is 0.158. The summed E-state index contributed by atoms with van der Waals surface area (Å²) in [6.07, 6.45) is 28.8. The molecule has 5 nitrogen and oxygen atoms in total. The lowest BCUT2D eigenvalue weighted by molar-refractivity contribution is -0.836. The Balaban J connectivity index is 1.44. The van der Waals surface area contributed by atoms with Crippen LogP contribution in [0, 0.1) is 0 Å². The number of carbonyl (C=O) groups is 2. The number of hydrogen-bond donors (Lipinski definition) is 1. The fraction of sp³-hybridized carbons (Fsp3) is 0.550. The van der Waals surface area contributed by atoms with Crippen molar-refractivity contribution < 1.29 is 14.1 Å². The van der Waals surface area contributed by atoms with Crippen molar-refractivity contribution in [2.24, 2.45) is 0 Å². The lowest BCUT2D eigenvalue weighted by atomic mass is 10.0. The Labute approximate surface area is 274 Å². The zero-order valence-corrected chi connectivity index (χ0v) is 28.1. The van der Waals surface area contributed by atoms with Crippen molar-refractivity contribution in [3.05, 3.63) is 84.2 Å². The third-order valence-corrected chi connectivity index (χ3v) is 8.91. The molecule has 1 saturated heterocycles. The molecule has 0 aromatic heterocycles. The van der Waals surface area contributed by atoms with E-state index in [2.05, 4.69) is 61.1 Å². The fourth-order valence-corrected chi connectivity index (χ4v) is 6.13. The third kappa shape index (κ3) is 15.6. The quantitative estimate of drug-likeness (QED) is 0.0945. The second-order valence-electron chi connectivity index (χ2n) is 12.9. The molecule has 3 rings (SSSR count). The molecule has 2 amide bonds. The molecule has 45 heavy (non-hydrogen) atoms. The average Bonchev–Trinajstić information content (AvgIpc) is 3.47. The molecule has 1 N–H and O–H groups in total. The molecule has 0 saturated carbocycles. The van der Waals surface area contributed by atoms with Gasteiger partial charge in [-0.2, -0.15) is 0 Å². The normalized spacial score (nSPS) is 14.9. The van der Waals surface area contributed by atoms with Crippen LogP contribution in [-0.4, -0.2) is 47.5 Å². The van der Waals surface area contributed by atoms with Crippen molar-refractivity contribution in [2.75, 3.05) is 26.3 Å². The Morgan fingerprint density at radius 2 is 1.24 bits per heavy atom. The van der Waals surface area contributed by atoms with E-state index in [-0.39, 0.29) is 11.8 Å². The van der Waals surface area contributed by atoms with Crippen LogP contribution in [-0.2, 0) is 9.59 Å². The number of nitrogens with one attached hydrogen (secondary N) is 1. The first-order chi connectivity index (χ1) is 22.1. The SMILES string of the molecule is CCCCCCCCCCCCCCCC(=O)NCCC[N+](C=Cc1ccccc1)(C=Cc1ccccc1)CN1CCCC1=O. The van der Waals surface area contributed by atoms with E-state index in [1.165, 1.54) is 70.6 Å². The highest BCUT2D eigenvalue weighted by atomic mass is 16.2. The minimum Gasteiger partial charge on any atom is -0.356 e. The van der Waals surface area contributed by atoms with Gasteiger partial charge in [-0.3, -0.25) is 19.0 Å². The van der Waals surface area contributed by atoms with Crippen LogP contribution in [0.5, 0.6) is 0 Å². The summed E-state index contributed by atoms with van der Waals surface area (Å²) in [7, 11) is 0. The molecule has 0 aliphatic carbocycles. The van der Waals surface area contributed by atoms with Crippen LogP contribution in [0.15, 0.2) is 73.1 Å². The number of benzene rings is 2. The largest absolute Gasteiger partial charge is 0.356 e. The van der Waals surface area contributed by atoms with Gasteiger partial charge < -0.3 is 5.32 Å². The number of hydrogen-bond acceptors (Lipinski definition) is 2. The zero-order valence-electron chi connectivity index (χ0n) is 28.1. The summed E-state index contributed by atoms with van der Waals surface area (Å²) in [6.45, 7) is 5.10. The maximum Gasteiger partial charge on any atom is 0.226 e. The minimum absolute atomic E-state index is 0.158. The Kier molecular flexibility index (Phi) is 18.0. The molecular formula is C40H60N3O2+. The van der Waals surface area contributed by atoms with Crippen LogP contribution in [0.1, 0.15) is 127 Å². The van der Waals surface area contributed by atoms with E-state index in [1.807, 2.05) is 41.3 Å². The van der Waals surface area contributed by atoms with Gasteiger partial charge >= 0.3 is 0 Å². The van der Waals surface area contributed by atoms with Gasteiger partial charge in [0.15, 0.2) is 6.67 Å². The summed E-state index contributed by atoms with van der Waals surface area (Å²) < 4.78 is 0.518. The number of quaternary nitrogens is 1. The van der Waals surface area contributed by atoms with Gasteiger partial charge in [0, 0.05) is 32.4 Å². The highest BCUT2D eigenvalue weighted by molar-refractivity contribution is 5.78.